The first-order valence-electron chi connectivity index (χ1n) is 9.38. The zero-order valence-electron chi connectivity index (χ0n) is 16.7. The van der Waals surface area contributed by atoms with Crippen molar-refractivity contribution in [2.24, 2.45) is 5.10 Å². The standard InChI is InChI=1S/C23H21N3O2S2/c1-16-21(20-12-7-13-29-20)25-23(30-16)26-24-14-18-10-6-11-19(27-2)22(18)28-15-17-8-4-3-5-9-17/h3-14H,15H2,1-2H3,(H,25,26)/b24-14-. The highest BCUT2D eigenvalue weighted by Crippen LogP contribution is 2.33. The van der Waals surface area contributed by atoms with Gasteiger partial charge in [0.25, 0.3) is 0 Å². The van der Waals surface area contributed by atoms with Crippen molar-refractivity contribution in [1.82, 2.24) is 4.98 Å². The monoisotopic (exact) mass is 435 g/mol. The molecular formula is C23H21N3O2S2. The second-order valence-corrected chi connectivity index (χ2v) is 8.57. The van der Waals surface area contributed by atoms with Gasteiger partial charge in [-0.25, -0.2) is 4.98 Å². The summed E-state index contributed by atoms with van der Waals surface area (Å²) in [5.74, 6) is 1.32. The SMILES string of the molecule is COc1cccc(/C=N\Nc2nc(-c3cccs3)c(C)s2)c1OCc1ccccc1. The quantitative estimate of drug-likeness (QED) is 0.264. The number of methoxy groups -OCH3 is 1. The zero-order chi connectivity index (χ0) is 20.8. The summed E-state index contributed by atoms with van der Waals surface area (Å²) in [4.78, 5) is 6.98. The summed E-state index contributed by atoms with van der Waals surface area (Å²) in [6, 6.07) is 19.9. The van der Waals surface area contributed by atoms with Gasteiger partial charge in [0, 0.05) is 10.4 Å². The lowest BCUT2D eigenvalue weighted by atomic mass is 10.2. The third kappa shape index (κ3) is 4.69. The molecule has 0 atom stereocenters. The average Bonchev–Trinajstić information content (AvgIpc) is 3.43. The number of benzene rings is 2. The Hall–Kier alpha value is -3.16. The Morgan fingerprint density at radius 1 is 1.07 bits per heavy atom. The van der Waals surface area contributed by atoms with Crippen LogP contribution in [0.5, 0.6) is 11.5 Å². The van der Waals surface area contributed by atoms with Crippen molar-refractivity contribution in [3.8, 4) is 22.1 Å². The van der Waals surface area contributed by atoms with Crippen molar-refractivity contribution >= 4 is 34.0 Å². The van der Waals surface area contributed by atoms with Crippen molar-refractivity contribution in [1.29, 1.82) is 0 Å². The highest BCUT2D eigenvalue weighted by molar-refractivity contribution is 7.17. The van der Waals surface area contributed by atoms with Gasteiger partial charge in [0.2, 0.25) is 5.13 Å². The van der Waals surface area contributed by atoms with E-state index in [0.717, 1.165) is 31.7 Å². The first kappa shape index (κ1) is 20.1. The number of aryl methyl sites for hydroxylation is 1. The van der Waals surface area contributed by atoms with Crippen molar-refractivity contribution in [2.75, 3.05) is 12.5 Å². The molecule has 0 saturated heterocycles. The number of nitrogens with one attached hydrogen (secondary N) is 1. The number of nitrogens with zero attached hydrogens (tertiary/aromatic N) is 2. The minimum Gasteiger partial charge on any atom is -0.493 e. The van der Waals surface area contributed by atoms with E-state index in [1.807, 2.05) is 54.6 Å². The third-order valence-corrected chi connectivity index (χ3v) is 6.12. The number of rotatable bonds is 8. The predicted octanol–water partition coefficient (Wildman–Crippen LogP) is 6.21. The topological polar surface area (TPSA) is 55.7 Å². The lowest BCUT2D eigenvalue weighted by molar-refractivity contribution is 0.284. The van der Waals surface area contributed by atoms with Gasteiger partial charge in [-0.2, -0.15) is 5.10 Å². The van der Waals surface area contributed by atoms with Crippen molar-refractivity contribution in [2.45, 2.75) is 13.5 Å². The minimum absolute atomic E-state index is 0.450. The van der Waals surface area contributed by atoms with Crippen LogP contribution in [0.2, 0.25) is 0 Å². The predicted molar refractivity (Wildman–Crippen MR) is 125 cm³/mol. The van der Waals surface area contributed by atoms with E-state index < -0.39 is 0 Å². The number of thiazole rings is 1. The summed E-state index contributed by atoms with van der Waals surface area (Å²) in [6.45, 7) is 2.52. The highest BCUT2D eigenvalue weighted by Gasteiger charge is 2.11. The van der Waals surface area contributed by atoms with Crippen LogP contribution in [0.4, 0.5) is 5.13 Å². The Kier molecular flexibility index (Phi) is 6.41. The van der Waals surface area contributed by atoms with E-state index in [4.69, 9.17) is 9.47 Å². The molecule has 2 heterocycles. The number of hydrogen-bond donors (Lipinski definition) is 1. The van der Waals surface area contributed by atoms with Gasteiger partial charge >= 0.3 is 0 Å². The molecule has 0 fully saturated rings. The summed E-state index contributed by atoms with van der Waals surface area (Å²) in [5, 5.41) is 7.19. The van der Waals surface area contributed by atoms with Crippen LogP contribution < -0.4 is 14.9 Å². The van der Waals surface area contributed by atoms with E-state index in [1.165, 1.54) is 0 Å². The van der Waals surface area contributed by atoms with Gasteiger partial charge in [-0.05, 0) is 36.1 Å². The lowest BCUT2D eigenvalue weighted by Gasteiger charge is -2.13. The van der Waals surface area contributed by atoms with Crippen molar-refractivity contribution in [3.63, 3.8) is 0 Å². The molecule has 0 aliphatic heterocycles. The number of anilines is 1. The smallest absolute Gasteiger partial charge is 0.204 e. The number of thiophene rings is 1. The zero-order valence-corrected chi connectivity index (χ0v) is 18.3. The summed E-state index contributed by atoms with van der Waals surface area (Å²) in [6.07, 6.45) is 1.73. The molecule has 4 rings (SSSR count). The lowest BCUT2D eigenvalue weighted by Crippen LogP contribution is -2.01. The Bertz CT molecular complexity index is 1120. The fraction of sp³-hybridized carbons (Fsp3) is 0.130. The number of ether oxygens (including phenoxy) is 2. The fourth-order valence-electron chi connectivity index (χ4n) is 2.92. The molecule has 0 amide bonds. The van der Waals surface area contributed by atoms with Crippen LogP contribution in [0, 0.1) is 6.92 Å². The molecule has 0 unspecified atom stereocenters. The highest BCUT2D eigenvalue weighted by atomic mass is 32.1. The van der Waals surface area contributed by atoms with E-state index in [-0.39, 0.29) is 0 Å². The molecule has 2 aromatic carbocycles. The van der Waals surface area contributed by atoms with E-state index in [9.17, 15) is 0 Å². The van der Waals surface area contributed by atoms with Crippen LogP contribution >= 0.6 is 22.7 Å². The molecule has 0 spiro atoms. The number of aromatic nitrogens is 1. The van der Waals surface area contributed by atoms with E-state index >= 15 is 0 Å². The molecule has 0 aliphatic rings. The minimum atomic E-state index is 0.450. The number of hydrogen-bond acceptors (Lipinski definition) is 7. The van der Waals surface area contributed by atoms with Gasteiger partial charge in [-0.1, -0.05) is 42.5 Å². The van der Waals surface area contributed by atoms with Gasteiger partial charge in [-0.3, -0.25) is 5.43 Å². The maximum Gasteiger partial charge on any atom is 0.204 e. The fourth-order valence-corrected chi connectivity index (χ4v) is 4.54. The first-order valence-corrected chi connectivity index (χ1v) is 11.1. The van der Waals surface area contributed by atoms with Crippen LogP contribution in [0.25, 0.3) is 10.6 Å². The Balaban J connectivity index is 1.50. The van der Waals surface area contributed by atoms with Crippen LogP contribution in [0.3, 0.4) is 0 Å². The molecule has 152 valence electrons. The molecule has 7 heteroatoms. The second-order valence-electron chi connectivity index (χ2n) is 6.42. The maximum atomic E-state index is 6.06. The van der Waals surface area contributed by atoms with Crippen LogP contribution in [0.1, 0.15) is 16.0 Å². The van der Waals surface area contributed by atoms with Gasteiger partial charge in [0.15, 0.2) is 11.5 Å². The van der Waals surface area contributed by atoms with Crippen molar-refractivity contribution < 1.29 is 9.47 Å². The Morgan fingerprint density at radius 2 is 1.93 bits per heavy atom. The van der Waals surface area contributed by atoms with E-state index in [0.29, 0.717) is 18.1 Å². The Morgan fingerprint density at radius 3 is 2.70 bits per heavy atom. The third-order valence-electron chi connectivity index (χ3n) is 4.37. The van der Waals surface area contributed by atoms with Crippen LogP contribution in [-0.2, 0) is 6.61 Å². The molecule has 2 aromatic heterocycles. The van der Waals surface area contributed by atoms with E-state index in [1.54, 1.807) is 36.0 Å². The molecular weight excluding hydrogens is 414 g/mol. The second kappa shape index (κ2) is 9.56. The maximum absolute atomic E-state index is 6.06. The molecule has 0 bridgehead atoms. The Labute approximate surface area is 183 Å². The molecule has 4 aromatic rings. The van der Waals surface area contributed by atoms with Crippen LogP contribution in [0.15, 0.2) is 71.1 Å². The largest absolute Gasteiger partial charge is 0.493 e. The molecule has 5 nitrogen and oxygen atoms in total. The van der Waals surface area contributed by atoms with Gasteiger partial charge in [0.05, 0.1) is 23.9 Å². The van der Waals surface area contributed by atoms with E-state index in [2.05, 4.69) is 33.9 Å². The number of hydrazone groups is 1. The van der Waals surface area contributed by atoms with Gasteiger partial charge in [-0.15, -0.1) is 22.7 Å². The molecule has 0 saturated carbocycles. The normalized spacial score (nSPS) is 11.0. The van der Waals surface area contributed by atoms with Gasteiger partial charge in [0.1, 0.15) is 6.61 Å². The average molecular weight is 436 g/mol. The molecule has 0 radical (unpaired) electrons. The first-order chi connectivity index (χ1) is 14.7. The summed E-state index contributed by atoms with van der Waals surface area (Å²) in [5.41, 5.74) is 5.95. The molecule has 1 N–H and O–H groups in total. The molecule has 0 aliphatic carbocycles. The molecule has 30 heavy (non-hydrogen) atoms. The summed E-state index contributed by atoms with van der Waals surface area (Å²) < 4.78 is 11.5. The number of para-hydroxylation sites is 1. The van der Waals surface area contributed by atoms with Gasteiger partial charge < -0.3 is 9.47 Å². The summed E-state index contributed by atoms with van der Waals surface area (Å²) in [7, 11) is 1.63. The summed E-state index contributed by atoms with van der Waals surface area (Å²) >= 11 is 3.26. The van der Waals surface area contributed by atoms with Crippen molar-refractivity contribution in [3.05, 3.63) is 82.0 Å². The van der Waals surface area contributed by atoms with Crippen LogP contribution in [-0.4, -0.2) is 18.3 Å².